The fourth-order valence-electron chi connectivity index (χ4n) is 2.87. The number of hydrogen-bond donors (Lipinski definition) is 2. The van der Waals surface area contributed by atoms with Crippen LogP contribution in [0.2, 0.25) is 0 Å². The van der Waals surface area contributed by atoms with Crippen LogP contribution in [0, 0.1) is 20.8 Å². The van der Waals surface area contributed by atoms with Gasteiger partial charge >= 0.3 is 6.03 Å². The lowest BCUT2D eigenvalue weighted by atomic mass is 10.1. The molecule has 0 spiro atoms. The molecule has 0 aliphatic carbocycles. The largest absolute Gasteiger partial charge is 0.331 e. The molecule has 0 bridgehead atoms. The average Bonchev–Trinajstić information content (AvgIpc) is 3.18. The molecule has 0 aliphatic heterocycles. The van der Waals surface area contributed by atoms with E-state index in [1.54, 1.807) is 11.3 Å². The maximum absolute atomic E-state index is 12.4. The highest BCUT2D eigenvalue weighted by atomic mass is 32.1. The molecule has 0 aliphatic rings. The molecule has 2 heterocycles. The molecule has 3 rings (SSSR count). The highest BCUT2D eigenvalue weighted by Gasteiger charge is 2.20. The number of rotatable bonds is 4. The lowest BCUT2D eigenvalue weighted by Gasteiger charge is -2.17. The maximum Gasteiger partial charge on any atom is 0.319 e. The zero-order chi connectivity index (χ0) is 18.0. The number of amides is 2. The van der Waals surface area contributed by atoms with Crippen molar-refractivity contribution in [2.75, 3.05) is 5.32 Å². The molecule has 0 saturated carbocycles. The van der Waals surface area contributed by atoms with Crippen molar-refractivity contribution < 1.29 is 4.79 Å². The van der Waals surface area contributed by atoms with Crippen molar-refractivity contribution in [1.29, 1.82) is 0 Å². The standard InChI is InChI=1S/C20H23N3OS/c1-13-7-9-17(10-8-13)22-20(24)21-15(3)18-14(2)16(4)25-19(18)23-11-5-6-12-23/h5-12,15H,1-4H3,(H2,21,22,24)/t15-/m0/s1. The van der Waals surface area contributed by atoms with Gasteiger partial charge in [-0.25, -0.2) is 4.79 Å². The third-order valence-corrected chi connectivity index (χ3v) is 5.58. The Morgan fingerprint density at radius 2 is 1.72 bits per heavy atom. The van der Waals surface area contributed by atoms with Gasteiger partial charge in [0.15, 0.2) is 0 Å². The monoisotopic (exact) mass is 353 g/mol. The van der Waals surface area contributed by atoms with E-state index >= 15 is 0 Å². The van der Waals surface area contributed by atoms with Crippen LogP contribution >= 0.6 is 11.3 Å². The number of carbonyl (C=O) groups is 1. The second-order valence-corrected chi connectivity index (χ2v) is 7.48. The van der Waals surface area contributed by atoms with Gasteiger partial charge in [0.1, 0.15) is 5.00 Å². The molecule has 3 aromatic rings. The van der Waals surface area contributed by atoms with Crippen LogP contribution in [-0.2, 0) is 0 Å². The first-order chi connectivity index (χ1) is 12.0. The highest BCUT2D eigenvalue weighted by molar-refractivity contribution is 7.14. The Morgan fingerprint density at radius 3 is 2.36 bits per heavy atom. The zero-order valence-corrected chi connectivity index (χ0v) is 15.8. The molecule has 0 fully saturated rings. The Morgan fingerprint density at radius 1 is 1.08 bits per heavy atom. The molecule has 2 aromatic heterocycles. The van der Waals surface area contributed by atoms with Crippen LogP contribution in [0.3, 0.4) is 0 Å². The van der Waals surface area contributed by atoms with Crippen molar-refractivity contribution >= 4 is 23.1 Å². The SMILES string of the molecule is Cc1ccc(NC(=O)N[C@@H](C)c2c(-n3cccc3)sc(C)c2C)cc1. The van der Waals surface area contributed by atoms with E-state index in [2.05, 4.69) is 29.0 Å². The molecule has 2 N–H and O–H groups in total. The molecular weight excluding hydrogens is 330 g/mol. The van der Waals surface area contributed by atoms with Gasteiger partial charge in [-0.1, -0.05) is 17.7 Å². The number of aromatic nitrogens is 1. The van der Waals surface area contributed by atoms with Crippen molar-refractivity contribution in [3.8, 4) is 5.00 Å². The number of anilines is 1. The lowest BCUT2D eigenvalue weighted by Crippen LogP contribution is -2.31. The third kappa shape index (κ3) is 3.77. The van der Waals surface area contributed by atoms with E-state index in [9.17, 15) is 4.79 Å². The number of nitrogens with zero attached hydrogens (tertiary/aromatic N) is 1. The molecule has 4 nitrogen and oxygen atoms in total. The number of thiophene rings is 1. The van der Waals surface area contributed by atoms with Crippen LogP contribution in [0.4, 0.5) is 10.5 Å². The second kappa shape index (κ2) is 7.15. The van der Waals surface area contributed by atoms with Gasteiger partial charge in [-0.3, -0.25) is 0 Å². The van der Waals surface area contributed by atoms with Gasteiger partial charge < -0.3 is 15.2 Å². The summed E-state index contributed by atoms with van der Waals surface area (Å²) < 4.78 is 2.11. The zero-order valence-electron chi connectivity index (χ0n) is 15.0. The Bertz CT molecular complexity index is 863. The van der Waals surface area contributed by atoms with Gasteiger partial charge in [0.05, 0.1) is 6.04 Å². The predicted molar refractivity (Wildman–Crippen MR) is 105 cm³/mol. The fourth-order valence-corrected chi connectivity index (χ4v) is 4.09. The van der Waals surface area contributed by atoms with Gasteiger partial charge in [-0.05, 0) is 57.5 Å². The summed E-state index contributed by atoms with van der Waals surface area (Å²) >= 11 is 1.75. The molecule has 0 unspecified atom stereocenters. The molecule has 0 saturated heterocycles. The number of urea groups is 1. The van der Waals surface area contributed by atoms with Crippen LogP contribution in [0.15, 0.2) is 48.8 Å². The Labute approximate surface area is 152 Å². The van der Waals surface area contributed by atoms with E-state index in [4.69, 9.17) is 0 Å². The van der Waals surface area contributed by atoms with E-state index in [1.807, 2.05) is 62.6 Å². The van der Waals surface area contributed by atoms with Crippen molar-refractivity contribution in [2.24, 2.45) is 0 Å². The van der Waals surface area contributed by atoms with Gasteiger partial charge in [0.2, 0.25) is 0 Å². The minimum absolute atomic E-state index is 0.0900. The van der Waals surface area contributed by atoms with Crippen LogP contribution in [0.5, 0.6) is 0 Å². The summed E-state index contributed by atoms with van der Waals surface area (Å²) in [4.78, 5) is 13.6. The maximum atomic E-state index is 12.4. The Kier molecular flexibility index (Phi) is 4.95. The first-order valence-electron chi connectivity index (χ1n) is 8.33. The second-order valence-electron chi connectivity index (χ2n) is 6.28. The van der Waals surface area contributed by atoms with Gasteiger partial charge in [0.25, 0.3) is 0 Å². The van der Waals surface area contributed by atoms with E-state index < -0.39 is 0 Å². The Hall–Kier alpha value is -2.53. The van der Waals surface area contributed by atoms with Crippen molar-refractivity contribution in [2.45, 2.75) is 33.7 Å². The number of nitrogens with one attached hydrogen (secondary N) is 2. The van der Waals surface area contributed by atoms with Crippen LogP contribution in [0.1, 0.15) is 34.5 Å². The highest BCUT2D eigenvalue weighted by Crippen LogP contribution is 2.35. The minimum atomic E-state index is -0.196. The van der Waals surface area contributed by atoms with E-state index in [1.165, 1.54) is 16.0 Å². The molecule has 1 aromatic carbocycles. The summed E-state index contributed by atoms with van der Waals surface area (Å²) in [5.41, 5.74) is 4.36. The quantitative estimate of drug-likeness (QED) is 0.653. The summed E-state index contributed by atoms with van der Waals surface area (Å²) in [6.07, 6.45) is 4.07. The van der Waals surface area contributed by atoms with E-state index in [0.717, 1.165) is 16.3 Å². The Balaban J connectivity index is 1.78. The lowest BCUT2D eigenvalue weighted by molar-refractivity contribution is 0.249. The molecule has 1 atom stereocenters. The molecular formula is C20H23N3OS. The van der Waals surface area contributed by atoms with Crippen molar-refractivity contribution in [3.63, 3.8) is 0 Å². The first kappa shape index (κ1) is 17.3. The number of benzene rings is 1. The summed E-state index contributed by atoms with van der Waals surface area (Å²) in [6.45, 7) is 8.28. The first-order valence-corrected chi connectivity index (χ1v) is 9.14. The smallest absolute Gasteiger partial charge is 0.319 e. The topological polar surface area (TPSA) is 46.1 Å². The summed E-state index contributed by atoms with van der Waals surface area (Å²) in [7, 11) is 0. The average molecular weight is 353 g/mol. The summed E-state index contributed by atoms with van der Waals surface area (Å²) in [5.74, 6) is 0. The van der Waals surface area contributed by atoms with Crippen LogP contribution in [-0.4, -0.2) is 10.6 Å². The molecule has 25 heavy (non-hydrogen) atoms. The molecule has 5 heteroatoms. The van der Waals surface area contributed by atoms with Crippen LogP contribution < -0.4 is 10.6 Å². The van der Waals surface area contributed by atoms with Crippen molar-refractivity contribution in [1.82, 2.24) is 9.88 Å². The molecule has 0 radical (unpaired) electrons. The summed E-state index contributed by atoms with van der Waals surface area (Å²) in [5, 5.41) is 7.11. The van der Waals surface area contributed by atoms with Gasteiger partial charge in [-0.2, -0.15) is 0 Å². The van der Waals surface area contributed by atoms with Gasteiger partial charge in [0, 0.05) is 28.5 Å². The molecule has 2 amide bonds. The van der Waals surface area contributed by atoms with Crippen LogP contribution in [0.25, 0.3) is 5.00 Å². The number of carbonyl (C=O) groups excluding carboxylic acids is 1. The van der Waals surface area contributed by atoms with E-state index in [0.29, 0.717) is 0 Å². The normalized spacial score (nSPS) is 12.0. The third-order valence-electron chi connectivity index (χ3n) is 4.34. The fraction of sp³-hybridized carbons (Fsp3) is 0.250. The predicted octanol–water partition coefficient (Wildman–Crippen LogP) is 5.35. The van der Waals surface area contributed by atoms with Crippen molar-refractivity contribution in [3.05, 3.63) is 70.4 Å². The minimum Gasteiger partial charge on any atom is -0.331 e. The summed E-state index contributed by atoms with van der Waals surface area (Å²) in [6, 6.07) is 11.5. The number of hydrogen-bond acceptors (Lipinski definition) is 2. The van der Waals surface area contributed by atoms with E-state index in [-0.39, 0.29) is 12.1 Å². The number of aryl methyl sites for hydroxylation is 2. The van der Waals surface area contributed by atoms with Gasteiger partial charge in [-0.15, -0.1) is 11.3 Å². The molecule has 130 valence electrons.